The molecule has 0 unspecified atom stereocenters. The second-order valence-corrected chi connectivity index (χ2v) is 8.11. The molecule has 1 heterocycles. The van der Waals surface area contributed by atoms with Gasteiger partial charge in [-0.15, -0.1) is 0 Å². The first-order valence-electron chi connectivity index (χ1n) is 7.53. The minimum absolute atomic E-state index is 0.0211. The van der Waals surface area contributed by atoms with Crippen LogP contribution in [-0.4, -0.2) is 32.3 Å². The van der Waals surface area contributed by atoms with Gasteiger partial charge in [-0.05, 0) is 23.8 Å². The Bertz CT molecular complexity index is 1030. The third-order valence-corrected chi connectivity index (χ3v) is 6.08. The highest BCUT2D eigenvalue weighted by molar-refractivity contribution is 7.89. The first-order chi connectivity index (χ1) is 12.3. The third kappa shape index (κ3) is 3.51. The number of anilines is 1. The van der Waals surface area contributed by atoms with Gasteiger partial charge in [0.2, 0.25) is 10.0 Å². The Morgan fingerprint density at radius 1 is 1.35 bits per heavy atom. The van der Waals surface area contributed by atoms with Crippen LogP contribution in [0.3, 0.4) is 0 Å². The summed E-state index contributed by atoms with van der Waals surface area (Å²) in [5, 5.41) is 11.5. The molecule has 1 amide bonds. The standard InChI is InChI=1S/C17H14ClN3O4S/c1-21(9-12-4-2-3-11(5-12)8-19)26(23,24)16-7-15-14(6-13(16)18)20-17(22)10-25-15/h2-7H,9-10H2,1H3,(H,20,22). The fourth-order valence-electron chi connectivity index (χ4n) is 2.53. The highest BCUT2D eigenvalue weighted by atomic mass is 35.5. The van der Waals surface area contributed by atoms with Gasteiger partial charge in [0.25, 0.3) is 5.91 Å². The van der Waals surface area contributed by atoms with Gasteiger partial charge in [-0.25, -0.2) is 8.42 Å². The average molecular weight is 392 g/mol. The van der Waals surface area contributed by atoms with Gasteiger partial charge in [-0.2, -0.15) is 9.57 Å². The Kier molecular flexibility index (Phi) is 4.87. The summed E-state index contributed by atoms with van der Waals surface area (Å²) in [7, 11) is -2.49. The van der Waals surface area contributed by atoms with Gasteiger partial charge in [0, 0.05) is 19.7 Å². The van der Waals surface area contributed by atoms with Crippen molar-refractivity contribution in [1.29, 1.82) is 5.26 Å². The molecule has 0 aliphatic carbocycles. The maximum atomic E-state index is 12.9. The number of nitrogens with zero attached hydrogens (tertiary/aromatic N) is 2. The molecule has 0 saturated carbocycles. The van der Waals surface area contributed by atoms with E-state index in [-0.39, 0.29) is 34.7 Å². The number of amides is 1. The number of nitriles is 1. The predicted molar refractivity (Wildman–Crippen MR) is 95.4 cm³/mol. The average Bonchev–Trinajstić information content (AvgIpc) is 2.61. The third-order valence-electron chi connectivity index (χ3n) is 3.82. The zero-order valence-corrected chi connectivity index (χ0v) is 15.3. The minimum atomic E-state index is -3.91. The van der Waals surface area contributed by atoms with Gasteiger partial charge in [-0.1, -0.05) is 23.7 Å². The van der Waals surface area contributed by atoms with Crippen LogP contribution in [0, 0.1) is 11.3 Å². The molecule has 0 bridgehead atoms. The Morgan fingerprint density at radius 2 is 2.12 bits per heavy atom. The van der Waals surface area contributed by atoms with E-state index in [4.69, 9.17) is 21.6 Å². The molecule has 0 aromatic heterocycles. The molecular weight excluding hydrogens is 378 g/mol. The van der Waals surface area contributed by atoms with Crippen LogP contribution in [0.15, 0.2) is 41.3 Å². The Labute approximate surface area is 155 Å². The summed E-state index contributed by atoms with van der Waals surface area (Å²) >= 11 is 6.13. The van der Waals surface area contributed by atoms with Crippen LogP contribution >= 0.6 is 11.6 Å². The van der Waals surface area contributed by atoms with E-state index in [1.807, 2.05) is 6.07 Å². The highest BCUT2D eigenvalue weighted by Gasteiger charge is 2.27. The number of hydrogen-bond donors (Lipinski definition) is 1. The van der Waals surface area contributed by atoms with Crippen LogP contribution in [0.2, 0.25) is 5.02 Å². The molecule has 1 aliphatic heterocycles. The van der Waals surface area contributed by atoms with Crippen molar-refractivity contribution >= 4 is 33.2 Å². The van der Waals surface area contributed by atoms with Gasteiger partial charge in [0.15, 0.2) is 6.61 Å². The number of hydrogen-bond acceptors (Lipinski definition) is 5. The van der Waals surface area contributed by atoms with Crippen molar-refractivity contribution in [2.45, 2.75) is 11.4 Å². The number of fused-ring (bicyclic) bond motifs is 1. The summed E-state index contributed by atoms with van der Waals surface area (Å²) in [6, 6.07) is 11.4. The summed E-state index contributed by atoms with van der Waals surface area (Å²) in [5.41, 5.74) is 1.45. The molecule has 1 aliphatic rings. The van der Waals surface area contributed by atoms with Crippen LogP contribution in [0.25, 0.3) is 0 Å². The Morgan fingerprint density at radius 3 is 2.85 bits per heavy atom. The molecule has 0 fully saturated rings. The largest absolute Gasteiger partial charge is 0.482 e. The molecule has 7 nitrogen and oxygen atoms in total. The van der Waals surface area contributed by atoms with Crippen molar-refractivity contribution in [1.82, 2.24) is 4.31 Å². The molecule has 134 valence electrons. The molecule has 1 N–H and O–H groups in total. The number of nitrogens with one attached hydrogen (secondary N) is 1. The van der Waals surface area contributed by atoms with Crippen molar-refractivity contribution < 1.29 is 17.9 Å². The molecule has 26 heavy (non-hydrogen) atoms. The second-order valence-electron chi connectivity index (χ2n) is 5.69. The summed E-state index contributed by atoms with van der Waals surface area (Å²) in [6.07, 6.45) is 0. The van der Waals surface area contributed by atoms with E-state index in [9.17, 15) is 13.2 Å². The van der Waals surface area contributed by atoms with E-state index in [2.05, 4.69) is 5.32 Å². The molecule has 3 rings (SSSR count). The van der Waals surface area contributed by atoms with Crippen LogP contribution in [0.1, 0.15) is 11.1 Å². The van der Waals surface area contributed by atoms with Crippen molar-refractivity contribution in [3.8, 4) is 11.8 Å². The second kappa shape index (κ2) is 6.96. The normalized spacial score (nSPS) is 13.5. The zero-order chi connectivity index (χ0) is 18.9. The summed E-state index contributed by atoms with van der Waals surface area (Å²) in [5.74, 6) is -0.0916. The number of rotatable bonds is 4. The number of carbonyl (C=O) groups is 1. The van der Waals surface area contributed by atoms with Gasteiger partial charge < -0.3 is 10.1 Å². The van der Waals surface area contributed by atoms with Gasteiger partial charge in [0.1, 0.15) is 10.6 Å². The van der Waals surface area contributed by atoms with E-state index >= 15 is 0 Å². The summed E-state index contributed by atoms with van der Waals surface area (Å²) < 4.78 is 32.2. The zero-order valence-electron chi connectivity index (χ0n) is 13.7. The lowest BCUT2D eigenvalue weighted by atomic mass is 10.1. The molecule has 0 spiro atoms. The summed E-state index contributed by atoms with van der Waals surface area (Å²) in [4.78, 5) is 11.2. The van der Waals surface area contributed by atoms with Crippen molar-refractivity contribution in [3.05, 3.63) is 52.5 Å². The van der Waals surface area contributed by atoms with Crippen molar-refractivity contribution in [2.75, 3.05) is 19.0 Å². The first-order valence-corrected chi connectivity index (χ1v) is 9.34. The number of halogens is 1. The van der Waals surface area contributed by atoms with E-state index in [1.165, 1.54) is 19.2 Å². The minimum Gasteiger partial charge on any atom is -0.482 e. The van der Waals surface area contributed by atoms with E-state index < -0.39 is 10.0 Å². The highest BCUT2D eigenvalue weighted by Crippen LogP contribution is 2.36. The number of benzene rings is 2. The lowest BCUT2D eigenvalue weighted by Gasteiger charge is -2.22. The monoisotopic (exact) mass is 391 g/mol. The Hall–Kier alpha value is -2.60. The number of ether oxygens (including phenoxy) is 1. The fourth-order valence-corrected chi connectivity index (χ4v) is 4.20. The quantitative estimate of drug-likeness (QED) is 0.862. The molecule has 2 aromatic rings. The van der Waals surface area contributed by atoms with E-state index in [1.54, 1.807) is 24.3 Å². The molecule has 0 radical (unpaired) electrons. The van der Waals surface area contributed by atoms with E-state index in [0.717, 1.165) is 4.31 Å². The maximum Gasteiger partial charge on any atom is 0.262 e. The van der Waals surface area contributed by atoms with Crippen LogP contribution in [0.5, 0.6) is 5.75 Å². The predicted octanol–water partition coefficient (Wildman–Crippen LogP) is 2.36. The Balaban J connectivity index is 1.92. The summed E-state index contributed by atoms with van der Waals surface area (Å²) in [6.45, 7) is -0.117. The van der Waals surface area contributed by atoms with Gasteiger partial charge >= 0.3 is 0 Å². The number of sulfonamides is 1. The lowest BCUT2D eigenvalue weighted by Crippen LogP contribution is -2.28. The molecule has 0 atom stereocenters. The molecule has 0 saturated heterocycles. The SMILES string of the molecule is CN(Cc1cccc(C#N)c1)S(=O)(=O)c1cc2c(cc1Cl)NC(=O)CO2. The smallest absolute Gasteiger partial charge is 0.262 e. The molecule has 2 aromatic carbocycles. The van der Waals surface area contributed by atoms with E-state index in [0.29, 0.717) is 16.8 Å². The molecule has 9 heteroatoms. The fraction of sp³-hybridized carbons (Fsp3) is 0.176. The maximum absolute atomic E-state index is 12.9. The first kappa shape index (κ1) is 18.2. The van der Waals surface area contributed by atoms with Crippen molar-refractivity contribution in [2.24, 2.45) is 0 Å². The number of carbonyl (C=O) groups excluding carboxylic acids is 1. The molecular formula is C17H14ClN3O4S. The lowest BCUT2D eigenvalue weighted by molar-refractivity contribution is -0.118. The van der Waals surface area contributed by atoms with Gasteiger partial charge in [0.05, 0.1) is 22.3 Å². The van der Waals surface area contributed by atoms with Crippen LogP contribution in [0.4, 0.5) is 5.69 Å². The van der Waals surface area contributed by atoms with Gasteiger partial charge in [-0.3, -0.25) is 4.79 Å². The topological polar surface area (TPSA) is 99.5 Å². The van der Waals surface area contributed by atoms with Crippen molar-refractivity contribution in [3.63, 3.8) is 0 Å². The van der Waals surface area contributed by atoms with Crippen LogP contribution < -0.4 is 10.1 Å². The van der Waals surface area contributed by atoms with Crippen LogP contribution in [-0.2, 0) is 21.4 Å².